The largest absolute Gasteiger partial charge is 0.381 e. The van der Waals surface area contributed by atoms with E-state index in [2.05, 4.69) is 51.7 Å². The molecule has 2 N–H and O–H groups in total. The van der Waals surface area contributed by atoms with Crippen LogP contribution >= 0.6 is 24.0 Å². The molecule has 0 bridgehead atoms. The lowest BCUT2D eigenvalue weighted by Gasteiger charge is -2.33. The summed E-state index contributed by atoms with van der Waals surface area (Å²) in [7, 11) is 1.83. The maximum absolute atomic E-state index is 5.77. The number of nitrogens with zero attached hydrogens (tertiary/aromatic N) is 2. The summed E-state index contributed by atoms with van der Waals surface area (Å²) in [4.78, 5) is 6.99. The van der Waals surface area contributed by atoms with E-state index < -0.39 is 0 Å². The van der Waals surface area contributed by atoms with E-state index in [0.717, 1.165) is 64.9 Å². The van der Waals surface area contributed by atoms with Crippen molar-refractivity contribution in [2.75, 3.05) is 46.6 Å². The zero-order valence-corrected chi connectivity index (χ0v) is 21.6. The Balaban J connectivity index is 0.00000341. The Morgan fingerprint density at radius 3 is 2.77 bits per heavy atom. The highest BCUT2D eigenvalue weighted by atomic mass is 127. The molecule has 31 heavy (non-hydrogen) atoms. The first kappa shape index (κ1) is 26.4. The van der Waals surface area contributed by atoms with Crippen LogP contribution in [0.3, 0.4) is 0 Å². The Morgan fingerprint density at radius 1 is 1.19 bits per heavy atom. The van der Waals surface area contributed by atoms with Crippen LogP contribution in [0.15, 0.2) is 29.3 Å². The minimum absolute atomic E-state index is 0. The molecule has 2 aliphatic rings. The fourth-order valence-corrected chi connectivity index (χ4v) is 4.24. The number of piperidine rings is 1. The van der Waals surface area contributed by atoms with Crippen molar-refractivity contribution < 1.29 is 9.47 Å². The molecular weight excluding hydrogens is 503 g/mol. The number of nitrogens with one attached hydrogen (secondary N) is 2. The van der Waals surface area contributed by atoms with Gasteiger partial charge in [-0.05, 0) is 50.3 Å². The van der Waals surface area contributed by atoms with Crippen molar-refractivity contribution in [3.8, 4) is 0 Å². The molecule has 3 rings (SSSR count). The third-order valence-electron chi connectivity index (χ3n) is 6.24. The molecule has 0 amide bonds. The molecule has 2 aliphatic heterocycles. The van der Waals surface area contributed by atoms with E-state index in [1.165, 1.54) is 36.9 Å². The van der Waals surface area contributed by atoms with Crippen molar-refractivity contribution >= 4 is 29.9 Å². The van der Waals surface area contributed by atoms with Crippen LogP contribution in [0.5, 0.6) is 0 Å². The second-order valence-corrected chi connectivity index (χ2v) is 8.59. The average molecular weight is 545 g/mol. The van der Waals surface area contributed by atoms with Gasteiger partial charge in [-0.1, -0.05) is 30.7 Å². The van der Waals surface area contributed by atoms with Crippen molar-refractivity contribution in [1.29, 1.82) is 0 Å². The van der Waals surface area contributed by atoms with Crippen molar-refractivity contribution in [3.05, 3.63) is 35.4 Å². The minimum Gasteiger partial charge on any atom is -0.381 e. The molecular formula is C24H41IN4O2. The van der Waals surface area contributed by atoms with E-state index in [1.807, 2.05) is 7.05 Å². The number of likely N-dealkylation sites (tertiary alicyclic amines) is 1. The predicted octanol–water partition coefficient (Wildman–Crippen LogP) is 3.79. The number of halogens is 1. The first-order valence-corrected chi connectivity index (χ1v) is 11.7. The predicted molar refractivity (Wildman–Crippen MR) is 138 cm³/mol. The highest BCUT2D eigenvalue weighted by molar-refractivity contribution is 14.0. The summed E-state index contributed by atoms with van der Waals surface area (Å²) in [6, 6.07) is 9.45. The van der Waals surface area contributed by atoms with Gasteiger partial charge in [-0.15, -0.1) is 24.0 Å². The van der Waals surface area contributed by atoms with Crippen molar-refractivity contribution in [2.45, 2.75) is 58.2 Å². The molecule has 7 heteroatoms. The van der Waals surface area contributed by atoms with E-state index in [4.69, 9.17) is 9.47 Å². The summed E-state index contributed by atoms with van der Waals surface area (Å²) < 4.78 is 11.2. The van der Waals surface area contributed by atoms with Gasteiger partial charge in [-0.2, -0.15) is 0 Å². The van der Waals surface area contributed by atoms with Crippen LogP contribution in [0.2, 0.25) is 0 Å². The minimum atomic E-state index is 0. The highest BCUT2D eigenvalue weighted by Gasteiger charge is 2.19. The van der Waals surface area contributed by atoms with Crippen molar-refractivity contribution in [1.82, 2.24) is 15.5 Å². The van der Waals surface area contributed by atoms with Gasteiger partial charge in [-0.3, -0.25) is 9.89 Å². The van der Waals surface area contributed by atoms with Crippen LogP contribution in [0, 0.1) is 5.92 Å². The summed E-state index contributed by atoms with van der Waals surface area (Å²) in [6.45, 7) is 9.58. The number of hydrogen-bond donors (Lipinski definition) is 2. The Kier molecular flexibility index (Phi) is 12.8. The van der Waals surface area contributed by atoms with Crippen LogP contribution in [-0.4, -0.2) is 63.5 Å². The number of rotatable bonds is 10. The van der Waals surface area contributed by atoms with Gasteiger partial charge in [0.05, 0.1) is 13.2 Å². The van der Waals surface area contributed by atoms with E-state index in [9.17, 15) is 0 Å². The molecule has 0 aromatic heterocycles. The van der Waals surface area contributed by atoms with Crippen LogP contribution < -0.4 is 10.6 Å². The quantitative estimate of drug-likeness (QED) is 0.203. The smallest absolute Gasteiger partial charge is 0.191 e. The first-order valence-electron chi connectivity index (χ1n) is 11.7. The molecule has 1 aromatic rings. The topological polar surface area (TPSA) is 58.1 Å². The third kappa shape index (κ3) is 9.24. The molecule has 2 saturated heterocycles. The molecule has 176 valence electrons. The molecule has 2 heterocycles. The van der Waals surface area contributed by atoms with Crippen LogP contribution in [0.4, 0.5) is 0 Å². The van der Waals surface area contributed by atoms with Gasteiger partial charge in [0, 0.05) is 51.9 Å². The molecule has 0 saturated carbocycles. The lowest BCUT2D eigenvalue weighted by Crippen LogP contribution is -2.39. The van der Waals surface area contributed by atoms with E-state index in [0.29, 0.717) is 12.0 Å². The lowest BCUT2D eigenvalue weighted by molar-refractivity contribution is 0.0888. The number of guanidine groups is 1. The van der Waals surface area contributed by atoms with Crippen LogP contribution in [-0.2, 0) is 22.6 Å². The van der Waals surface area contributed by atoms with Gasteiger partial charge in [-0.25, -0.2) is 0 Å². The first-order chi connectivity index (χ1) is 14.8. The number of benzene rings is 1. The monoisotopic (exact) mass is 544 g/mol. The molecule has 6 nitrogen and oxygen atoms in total. The Labute approximate surface area is 205 Å². The molecule has 0 radical (unpaired) electrons. The molecule has 0 aliphatic carbocycles. The Morgan fingerprint density at radius 2 is 2.03 bits per heavy atom. The Hall–Kier alpha value is -0.900. The van der Waals surface area contributed by atoms with Crippen LogP contribution in [0.1, 0.15) is 50.2 Å². The second kappa shape index (κ2) is 15.0. The van der Waals surface area contributed by atoms with Gasteiger partial charge in [0.2, 0.25) is 0 Å². The summed E-state index contributed by atoms with van der Waals surface area (Å²) >= 11 is 0. The summed E-state index contributed by atoms with van der Waals surface area (Å²) in [5, 5.41) is 6.87. The highest BCUT2D eigenvalue weighted by Crippen LogP contribution is 2.20. The summed E-state index contributed by atoms with van der Waals surface area (Å²) in [6.07, 6.45) is 6.10. The van der Waals surface area contributed by atoms with E-state index >= 15 is 0 Å². The van der Waals surface area contributed by atoms with Crippen LogP contribution in [0.25, 0.3) is 0 Å². The SMILES string of the molecule is CN=C(NCCCOCC1CCOC1)NCc1ccccc1CN1CCCCC1C.I. The van der Waals surface area contributed by atoms with Gasteiger partial charge < -0.3 is 20.1 Å². The number of aliphatic imine (C=N–C) groups is 1. The standard InChI is InChI=1S/C24H40N4O2.HI/c1-20-8-5-6-13-28(20)17-23-10-4-3-9-22(23)16-27-24(25-2)26-12-7-14-29-18-21-11-15-30-19-21;/h3-4,9-10,20-21H,5-8,11-19H2,1-2H3,(H2,25,26,27);1H. The van der Waals surface area contributed by atoms with Gasteiger partial charge >= 0.3 is 0 Å². The molecule has 1 aromatic carbocycles. The lowest BCUT2D eigenvalue weighted by atomic mass is 10.0. The van der Waals surface area contributed by atoms with E-state index in [1.54, 1.807) is 0 Å². The Bertz CT molecular complexity index is 652. The fraction of sp³-hybridized carbons (Fsp3) is 0.708. The van der Waals surface area contributed by atoms with Gasteiger partial charge in [0.1, 0.15) is 0 Å². The molecule has 2 atom stereocenters. The van der Waals surface area contributed by atoms with Crippen molar-refractivity contribution in [3.63, 3.8) is 0 Å². The third-order valence-corrected chi connectivity index (χ3v) is 6.24. The fourth-order valence-electron chi connectivity index (χ4n) is 4.24. The molecule has 2 fully saturated rings. The zero-order chi connectivity index (χ0) is 21.0. The average Bonchev–Trinajstić information content (AvgIpc) is 3.29. The normalized spacial score (nSPS) is 22.2. The number of ether oxygens (including phenoxy) is 2. The molecule has 0 spiro atoms. The van der Waals surface area contributed by atoms with Crippen molar-refractivity contribution in [2.24, 2.45) is 10.9 Å². The maximum Gasteiger partial charge on any atom is 0.191 e. The van der Waals surface area contributed by atoms with E-state index in [-0.39, 0.29) is 24.0 Å². The zero-order valence-electron chi connectivity index (χ0n) is 19.3. The maximum atomic E-state index is 5.77. The second-order valence-electron chi connectivity index (χ2n) is 8.59. The molecule has 2 unspecified atom stereocenters. The van der Waals surface area contributed by atoms with Gasteiger partial charge in [0.25, 0.3) is 0 Å². The summed E-state index contributed by atoms with van der Waals surface area (Å²) in [5.74, 6) is 1.43. The number of hydrogen-bond acceptors (Lipinski definition) is 4. The van der Waals surface area contributed by atoms with Gasteiger partial charge in [0.15, 0.2) is 5.96 Å². The summed E-state index contributed by atoms with van der Waals surface area (Å²) in [5.41, 5.74) is 2.76.